The lowest BCUT2D eigenvalue weighted by Crippen LogP contribution is -2.23. The quantitative estimate of drug-likeness (QED) is 0.247. The van der Waals surface area contributed by atoms with E-state index in [4.69, 9.17) is 9.47 Å². The van der Waals surface area contributed by atoms with E-state index in [0.717, 1.165) is 22.3 Å². The van der Waals surface area contributed by atoms with Crippen molar-refractivity contribution < 1.29 is 23.9 Å². The first-order chi connectivity index (χ1) is 18.6. The summed E-state index contributed by atoms with van der Waals surface area (Å²) < 4.78 is 11.0. The number of ketones is 1. The van der Waals surface area contributed by atoms with Gasteiger partial charge in [-0.3, -0.25) is 4.79 Å². The highest BCUT2D eigenvalue weighted by Gasteiger charge is 2.26. The summed E-state index contributed by atoms with van der Waals surface area (Å²) in [7, 11) is 0. The molecule has 0 aliphatic heterocycles. The third kappa shape index (κ3) is 8.05. The molecule has 0 aliphatic carbocycles. The zero-order valence-electron chi connectivity index (χ0n) is 26.7. The van der Waals surface area contributed by atoms with Crippen LogP contribution in [0.2, 0.25) is 0 Å². The summed E-state index contributed by atoms with van der Waals surface area (Å²) >= 11 is 0. The van der Waals surface area contributed by atoms with Crippen LogP contribution < -0.4 is 0 Å². The van der Waals surface area contributed by atoms with E-state index in [1.165, 1.54) is 11.1 Å². The topological polar surface area (TPSA) is 69.7 Å². The van der Waals surface area contributed by atoms with Crippen LogP contribution in [0.4, 0.5) is 0 Å². The molecule has 0 heterocycles. The Morgan fingerprint density at radius 3 is 0.925 bits per heavy atom. The van der Waals surface area contributed by atoms with Crippen molar-refractivity contribution in [3.05, 3.63) is 68.8 Å². The third-order valence-corrected chi connectivity index (χ3v) is 7.40. The molecule has 2 rings (SSSR count). The van der Waals surface area contributed by atoms with E-state index in [1.807, 2.05) is 0 Å². The summed E-state index contributed by atoms with van der Waals surface area (Å²) in [5, 5.41) is 0. The fourth-order valence-electron chi connectivity index (χ4n) is 4.86. The molecule has 0 saturated carbocycles. The molecule has 5 heteroatoms. The largest absolute Gasteiger partial charge is 0.454 e. The third-order valence-electron chi connectivity index (χ3n) is 7.40. The van der Waals surface area contributed by atoms with Crippen molar-refractivity contribution >= 4 is 17.7 Å². The normalized spacial score (nSPS) is 11.8. The van der Waals surface area contributed by atoms with Crippen LogP contribution in [0.1, 0.15) is 173 Å². The molecule has 220 valence electrons. The van der Waals surface area contributed by atoms with E-state index in [2.05, 4.69) is 107 Å². The minimum atomic E-state index is -0.518. The van der Waals surface area contributed by atoms with Crippen molar-refractivity contribution in [3.63, 3.8) is 0 Å². The number of hydrogen-bond acceptors (Lipinski definition) is 5. The van der Waals surface area contributed by atoms with Gasteiger partial charge in [-0.05, 0) is 68.9 Å². The maximum absolute atomic E-state index is 13.3. The Hall–Kier alpha value is -2.95. The molecule has 0 saturated heterocycles. The second kappa shape index (κ2) is 14.1. The van der Waals surface area contributed by atoms with E-state index in [1.54, 1.807) is 0 Å². The van der Waals surface area contributed by atoms with E-state index in [-0.39, 0.29) is 23.7 Å². The zero-order valence-corrected chi connectivity index (χ0v) is 26.7. The number of hydrogen-bond donors (Lipinski definition) is 0. The first kappa shape index (κ1) is 33.3. The number of carbonyl (C=O) groups is 3. The number of esters is 2. The van der Waals surface area contributed by atoms with Crippen LogP contribution in [-0.2, 0) is 14.3 Å². The molecule has 0 unspecified atom stereocenters. The number of rotatable bonds is 12. The lowest BCUT2D eigenvalue weighted by molar-refractivity contribution is -0.125. The lowest BCUT2D eigenvalue weighted by atomic mass is 9.84. The number of ether oxygens (including phenoxy) is 2. The highest BCUT2D eigenvalue weighted by molar-refractivity contribution is 5.97. The minimum absolute atomic E-state index is 0.114. The summed E-state index contributed by atoms with van der Waals surface area (Å²) in [4.78, 5) is 39.3. The summed E-state index contributed by atoms with van der Waals surface area (Å²) in [6.07, 6.45) is 0. The second-order valence-electron chi connectivity index (χ2n) is 12.8. The summed E-state index contributed by atoms with van der Waals surface area (Å²) in [5.74, 6) is -0.396. The van der Waals surface area contributed by atoms with Gasteiger partial charge in [-0.1, -0.05) is 107 Å². The van der Waals surface area contributed by atoms with Crippen LogP contribution in [0.3, 0.4) is 0 Å². The molecule has 0 fully saturated rings. The van der Waals surface area contributed by atoms with Gasteiger partial charge in [-0.15, -0.1) is 0 Å². The Morgan fingerprint density at radius 2 is 0.725 bits per heavy atom. The minimum Gasteiger partial charge on any atom is -0.454 e. The second-order valence-corrected chi connectivity index (χ2v) is 12.8. The summed E-state index contributed by atoms with van der Waals surface area (Å²) in [6.45, 7) is 24.0. The lowest BCUT2D eigenvalue weighted by Gasteiger charge is -2.22. The van der Waals surface area contributed by atoms with Gasteiger partial charge < -0.3 is 9.47 Å². The van der Waals surface area contributed by atoms with Crippen molar-refractivity contribution in [3.8, 4) is 0 Å². The van der Waals surface area contributed by atoms with Gasteiger partial charge in [0, 0.05) is 0 Å². The molecule has 40 heavy (non-hydrogen) atoms. The fourth-order valence-corrected chi connectivity index (χ4v) is 4.86. The SMILES string of the molecule is CC(C)c1cc(C(C)C)c(C(=O)OCC(=O)COC(=O)c2c(C(C)C)cc(C(C)C)cc2C(C)C)c(C(C)C)c1. The maximum atomic E-state index is 13.3. The molecule has 2 aromatic rings. The highest BCUT2D eigenvalue weighted by atomic mass is 16.6. The Morgan fingerprint density at radius 1 is 0.475 bits per heavy atom. The van der Waals surface area contributed by atoms with Gasteiger partial charge >= 0.3 is 11.9 Å². The molecule has 2 aromatic carbocycles. The Balaban J connectivity index is 2.23. The standard InChI is InChI=1S/C35H50O5/c1-19(2)25-13-28(21(5)6)32(29(14-25)22(7)8)34(37)39-17-27(36)18-40-35(38)33-30(23(9)10)15-26(20(3)4)16-31(33)24(11)12/h13-16,19-24H,17-18H2,1-12H3. The first-order valence-corrected chi connectivity index (χ1v) is 14.8. The molecule has 0 atom stereocenters. The van der Waals surface area contributed by atoms with Gasteiger partial charge in [-0.2, -0.15) is 0 Å². The van der Waals surface area contributed by atoms with Crippen molar-refractivity contribution in [1.29, 1.82) is 0 Å². The van der Waals surface area contributed by atoms with Crippen LogP contribution in [0.15, 0.2) is 24.3 Å². The van der Waals surface area contributed by atoms with Crippen molar-refractivity contribution in [2.24, 2.45) is 0 Å². The molecular weight excluding hydrogens is 500 g/mol. The maximum Gasteiger partial charge on any atom is 0.339 e. The van der Waals surface area contributed by atoms with Crippen LogP contribution in [-0.4, -0.2) is 30.9 Å². The van der Waals surface area contributed by atoms with Crippen LogP contribution in [0.25, 0.3) is 0 Å². The average molecular weight is 551 g/mol. The van der Waals surface area contributed by atoms with E-state index < -0.39 is 30.9 Å². The van der Waals surface area contributed by atoms with Gasteiger partial charge in [0.1, 0.15) is 0 Å². The highest BCUT2D eigenvalue weighted by Crippen LogP contribution is 2.34. The van der Waals surface area contributed by atoms with Gasteiger partial charge in [0.2, 0.25) is 5.78 Å². The van der Waals surface area contributed by atoms with Crippen molar-refractivity contribution in [2.45, 2.75) is 119 Å². The molecule has 0 bridgehead atoms. The van der Waals surface area contributed by atoms with Gasteiger partial charge in [0.25, 0.3) is 0 Å². The Bertz CT molecular complexity index is 1060. The predicted molar refractivity (Wildman–Crippen MR) is 163 cm³/mol. The fraction of sp³-hybridized carbons (Fsp3) is 0.571. The number of carbonyl (C=O) groups excluding carboxylic acids is 3. The van der Waals surface area contributed by atoms with Gasteiger partial charge in [0.15, 0.2) is 13.2 Å². The number of benzene rings is 2. The molecule has 0 N–H and O–H groups in total. The average Bonchev–Trinajstić information content (AvgIpc) is 2.88. The molecule has 0 spiro atoms. The van der Waals surface area contributed by atoms with Gasteiger partial charge in [0.05, 0.1) is 11.1 Å². The molecule has 5 nitrogen and oxygen atoms in total. The van der Waals surface area contributed by atoms with Gasteiger partial charge in [-0.25, -0.2) is 9.59 Å². The summed E-state index contributed by atoms with van der Waals surface area (Å²) in [5.41, 5.74) is 7.11. The smallest absolute Gasteiger partial charge is 0.339 e. The van der Waals surface area contributed by atoms with Crippen LogP contribution >= 0.6 is 0 Å². The van der Waals surface area contributed by atoms with Crippen LogP contribution in [0, 0.1) is 0 Å². The number of Topliss-reactive ketones (excluding diaryl/α,β-unsaturated/α-hetero) is 1. The van der Waals surface area contributed by atoms with E-state index in [0.29, 0.717) is 23.0 Å². The first-order valence-electron chi connectivity index (χ1n) is 14.8. The monoisotopic (exact) mass is 550 g/mol. The van der Waals surface area contributed by atoms with E-state index in [9.17, 15) is 14.4 Å². The molecule has 0 aliphatic rings. The van der Waals surface area contributed by atoms with E-state index >= 15 is 0 Å². The predicted octanol–water partition coefficient (Wildman–Crippen LogP) is 9.01. The summed E-state index contributed by atoms with van der Waals surface area (Å²) in [6, 6.07) is 8.30. The van der Waals surface area contributed by atoms with Crippen LogP contribution in [0.5, 0.6) is 0 Å². The zero-order chi connectivity index (χ0) is 30.5. The molecule has 0 aromatic heterocycles. The van der Waals surface area contributed by atoms with Crippen molar-refractivity contribution in [2.75, 3.05) is 13.2 Å². The molecule has 0 amide bonds. The Labute approximate surface area is 242 Å². The Kier molecular flexibility index (Phi) is 11.7. The van der Waals surface area contributed by atoms with Crippen molar-refractivity contribution in [1.82, 2.24) is 0 Å². The molecular formula is C35H50O5. The molecule has 0 radical (unpaired) electrons.